The van der Waals surface area contributed by atoms with Crippen molar-refractivity contribution in [3.05, 3.63) is 30.1 Å². The number of ketones is 1. The Balaban J connectivity index is 2.59. The fourth-order valence-corrected chi connectivity index (χ4v) is 1.01. The number of rotatable bonds is 4. The second-order valence-electron chi connectivity index (χ2n) is 3.01. The molecule has 0 saturated heterocycles. The molecule has 1 heterocycles. The minimum Gasteiger partial charge on any atom is -0.327 e. The van der Waals surface area contributed by atoms with Crippen molar-refractivity contribution in [2.45, 2.75) is 25.8 Å². The van der Waals surface area contributed by atoms with Crippen LogP contribution in [-0.2, 0) is 0 Å². The van der Waals surface area contributed by atoms with Gasteiger partial charge in [0.1, 0.15) is 5.69 Å². The molecule has 70 valence electrons. The SMILES string of the molecule is CCC(N)CC(=O)c1ccccn1. The van der Waals surface area contributed by atoms with E-state index in [1.54, 1.807) is 24.4 Å². The number of carbonyl (C=O) groups excluding carboxylic acids is 1. The van der Waals surface area contributed by atoms with Gasteiger partial charge in [0.15, 0.2) is 5.78 Å². The van der Waals surface area contributed by atoms with Crippen LogP contribution in [0.5, 0.6) is 0 Å². The van der Waals surface area contributed by atoms with Crippen molar-refractivity contribution >= 4 is 5.78 Å². The topological polar surface area (TPSA) is 56.0 Å². The lowest BCUT2D eigenvalue weighted by atomic mass is 10.1. The van der Waals surface area contributed by atoms with Crippen LogP contribution in [0.3, 0.4) is 0 Å². The average Bonchev–Trinajstić information content (AvgIpc) is 2.19. The fourth-order valence-electron chi connectivity index (χ4n) is 1.01. The highest BCUT2D eigenvalue weighted by Gasteiger charge is 2.10. The van der Waals surface area contributed by atoms with Gasteiger partial charge >= 0.3 is 0 Å². The van der Waals surface area contributed by atoms with Crippen molar-refractivity contribution < 1.29 is 4.79 Å². The molecule has 0 aliphatic rings. The van der Waals surface area contributed by atoms with Crippen LogP contribution in [0.1, 0.15) is 30.3 Å². The van der Waals surface area contributed by atoms with Crippen molar-refractivity contribution in [2.24, 2.45) is 5.73 Å². The summed E-state index contributed by atoms with van der Waals surface area (Å²) in [5.74, 6) is 0.0231. The van der Waals surface area contributed by atoms with Crippen LogP contribution >= 0.6 is 0 Å². The van der Waals surface area contributed by atoms with Crippen LogP contribution in [-0.4, -0.2) is 16.8 Å². The van der Waals surface area contributed by atoms with E-state index < -0.39 is 0 Å². The molecule has 1 aromatic heterocycles. The summed E-state index contributed by atoms with van der Waals surface area (Å²) in [6, 6.07) is 5.26. The first-order valence-electron chi connectivity index (χ1n) is 4.44. The number of pyridine rings is 1. The highest BCUT2D eigenvalue weighted by Crippen LogP contribution is 2.02. The second kappa shape index (κ2) is 4.72. The molecule has 0 bridgehead atoms. The predicted molar refractivity (Wildman–Crippen MR) is 51.5 cm³/mol. The van der Waals surface area contributed by atoms with Crippen LogP contribution in [0.4, 0.5) is 0 Å². The molecule has 0 amide bonds. The lowest BCUT2D eigenvalue weighted by Crippen LogP contribution is -2.23. The summed E-state index contributed by atoms with van der Waals surface area (Å²) in [6.07, 6.45) is 2.82. The Labute approximate surface area is 78.0 Å². The van der Waals surface area contributed by atoms with Gasteiger partial charge in [0.25, 0.3) is 0 Å². The number of Topliss-reactive ketones (excluding diaryl/α,β-unsaturated/α-hetero) is 1. The zero-order valence-corrected chi connectivity index (χ0v) is 7.73. The first-order valence-corrected chi connectivity index (χ1v) is 4.44. The molecule has 1 unspecified atom stereocenters. The van der Waals surface area contributed by atoms with Crippen molar-refractivity contribution in [3.63, 3.8) is 0 Å². The smallest absolute Gasteiger partial charge is 0.182 e. The van der Waals surface area contributed by atoms with Gasteiger partial charge in [0.05, 0.1) is 0 Å². The standard InChI is InChI=1S/C10H14N2O/c1-2-8(11)7-10(13)9-5-3-4-6-12-9/h3-6,8H,2,7,11H2,1H3. The van der Waals surface area contributed by atoms with Crippen molar-refractivity contribution in [1.82, 2.24) is 4.98 Å². The summed E-state index contributed by atoms with van der Waals surface area (Å²) in [5, 5.41) is 0. The van der Waals surface area contributed by atoms with Gasteiger partial charge in [0.2, 0.25) is 0 Å². The molecule has 0 spiro atoms. The number of carbonyl (C=O) groups is 1. The fraction of sp³-hybridized carbons (Fsp3) is 0.400. The molecule has 0 aliphatic heterocycles. The van der Waals surface area contributed by atoms with Gasteiger partial charge in [-0.2, -0.15) is 0 Å². The Morgan fingerprint density at radius 2 is 2.38 bits per heavy atom. The lowest BCUT2D eigenvalue weighted by molar-refractivity contribution is 0.0969. The van der Waals surface area contributed by atoms with E-state index in [-0.39, 0.29) is 11.8 Å². The van der Waals surface area contributed by atoms with Gasteiger partial charge in [-0.05, 0) is 18.6 Å². The van der Waals surface area contributed by atoms with Gasteiger partial charge in [-0.15, -0.1) is 0 Å². The normalized spacial score (nSPS) is 12.5. The monoisotopic (exact) mass is 178 g/mol. The zero-order valence-electron chi connectivity index (χ0n) is 7.73. The highest BCUT2D eigenvalue weighted by atomic mass is 16.1. The molecule has 3 heteroatoms. The molecular formula is C10H14N2O. The molecule has 0 fully saturated rings. The van der Waals surface area contributed by atoms with Crippen LogP contribution < -0.4 is 5.73 Å². The minimum absolute atomic E-state index is 0.0231. The average molecular weight is 178 g/mol. The van der Waals surface area contributed by atoms with Gasteiger partial charge in [-0.25, -0.2) is 0 Å². The third-order valence-corrected chi connectivity index (χ3v) is 1.92. The Bertz CT molecular complexity index is 272. The molecule has 0 radical (unpaired) electrons. The lowest BCUT2D eigenvalue weighted by Gasteiger charge is -2.06. The van der Waals surface area contributed by atoms with E-state index in [9.17, 15) is 4.79 Å². The molecular weight excluding hydrogens is 164 g/mol. The maximum Gasteiger partial charge on any atom is 0.182 e. The largest absolute Gasteiger partial charge is 0.327 e. The Kier molecular flexibility index (Phi) is 3.58. The summed E-state index contributed by atoms with van der Waals surface area (Å²) >= 11 is 0. The Morgan fingerprint density at radius 3 is 2.92 bits per heavy atom. The summed E-state index contributed by atoms with van der Waals surface area (Å²) < 4.78 is 0. The zero-order chi connectivity index (χ0) is 9.68. The molecule has 3 nitrogen and oxygen atoms in total. The molecule has 0 saturated carbocycles. The number of nitrogens with zero attached hydrogens (tertiary/aromatic N) is 1. The number of hydrogen-bond donors (Lipinski definition) is 1. The number of nitrogens with two attached hydrogens (primary N) is 1. The summed E-state index contributed by atoms with van der Waals surface area (Å²) in [7, 11) is 0. The van der Waals surface area contributed by atoms with Gasteiger partial charge in [-0.3, -0.25) is 9.78 Å². The van der Waals surface area contributed by atoms with E-state index in [0.29, 0.717) is 12.1 Å². The predicted octanol–water partition coefficient (Wildman–Crippen LogP) is 1.39. The molecule has 13 heavy (non-hydrogen) atoms. The van der Waals surface area contributed by atoms with Crippen molar-refractivity contribution in [1.29, 1.82) is 0 Å². The Morgan fingerprint density at radius 1 is 1.62 bits per heavy atom. The third-order valence-electron chi connectivity index (χ3n) is 1.92. The molecule has 0 aliphatic carbocycles. The molecule has 2 N–H and O–H groups in total. The summed E-state index contributed by atoms with van der Waals surface area (Å²) in [5.41, 5.74) is 6.17. The number of aromatic nitrogens is 1. The Hall–Kier alpha value is -1.22. The van der Waals surface area contributed by atoms with Gasteiger partial charge in [0, 0.05) is 18.7 Å². The van der Waals surface area contributed by atoms with Gasteiger partial charge < -0.3 is 5.73 Å². The second-order valence-corrected chi connectivity index (χ2v) is 3.01. The molecule has 0 aromatic carbocycles. The molecule has 1 rings (SSSR count). The van der Waals surface area contributed by atoms with Crippen molar-refractivity contribution in [2.75, 3.05) is 0 Å². The maximum atomic E-state index is 11.5. The van der Waals surface area contributed by atoms with Crippen molar-refractivity contribution in [3.8, 4) is 0 Å². The minimum atomic E-state index is -0.0468. The van der Waals surface area contributed by atoms with Crippen LogP contribution in [0.2, 0.25) is 0 Å². The van der Waals surface area contributed by atoms with Crippen LogP contribution in [0.25, 0.3) is 0 Å². The molecule has 1 atom stereocenters. The first-order chi connectivity index (χ1) is 6.24. The molecule has 1 aromatic rings. The third kappa shape index (κ3) is 2.95. The van der Waals surface area contributed by atoms with Gasteiger partial charge in [-0.1, -0.05) is 13.0 Å². The first kappa shape index (κ1) is 9.86. The van der Waals surface area contributed by atoms with E-state index in [0.717, 1.165) is 6.42 Å². The number of hydrogen-bond acceptors (Lipinski definition) is 3. The van der Waals surface area contributed by atoms with E-state index in [1.807, 2.05) is 6.92 Å². The van der Waals surface area contributed by atoms with E-state index >= 15 is 0 Å². The van der Waals surface area contributed by atoms with Crippen LogP contribution in [0, 0.1) is 0 Å². The summed E-state index contributed by atoms with van der Waals surface area (Å²) in [6.45, 7) is 1.97. The highest BCUT2D eigenvalue weighted by molar-refractivity contribution is 5.94. The van der Waals surface area contributed by atoms with E-state index in [4.69, 9.17) is 5.73 Å². The van der Waals surface area contributed by atoms with E-state index in [2.05, 4.69) is 4.98 Å². The van der Waals surface area contributed by atoms with Crippen LogP contribution in [0.15, 0.2) is 24.4 Å². The quantitative estimate of drug-likeness (QED) is 0.709. The van der Waals surface area contributed by atoms with E-state index in [1.165, 1.54) is 0 Å². The maximum absolute atomic E-state index is 11.5. The summed E-state index contributed by atoms with van der Waals surface area (Å²) in [4.78, 5) is 15.4.